The van der Waals surface area contributed by atoms with Crippen LogP contribution in [0.2, 0.25) is 0 Å². The molecule has 1 saturated heterocycles. The standard InChI is InChI=1S/C25H29N5/c1-20-18-24(29-16-14-28(15-17-29)19-21-8-3-2-4-9-21)27-25(26-20)30-13-7-11-22-10-5-6-12-23(22)30/h2-6,8-10,12,18H,7,11,13-17,19H2,1H3. The van der Waals surface area contributed by atoms with Crippen molar-refractivity contribution in [3.8, 4) is 0 Å². The van der Waals surface area contributed by atoms with E-state index in [2.05, 4.69) is 82.3 Å². The summed E-state index contributed by atoms with van der Waals surface area (Å²) < 4.78 is 0. The fourth-order valence-corrected chi connectivity index (χ4v) is 4.54. The van der Waals surface area contributed by atoms with Gasteiger partial charge in [-0.15, -0.1) is 0 Å². The van der Waals surface area contributed by atoms with Gasteiger partial charge in [0.15, 0.2) is 0 Å². The Morgan fingerprint density at radius 3 is 2.43 bits per heavy atom. The molecule has 0 saturated carbocycles. The van der Waals surface area contributed by atoms with Gasteiger partial charge in [0.25, 0.3) is 0 Å². The first kappa shape index (κ1) is 19.1. The molecule has 2 aliphatic heterocycles. The molecule has 2 aromatic carbocycles. The van der Waals surface area contributed by atoms with Crippen LogP contribution in [0.1, 0.15) is 23.2 Å². The normalized spacial score (nSPS) is 17.1. The van der Waals surface area contributed by atoms with Gasteiger partial charge in [-0.05, 0) is 37.0 Å². The van der Waals surface area contributed by atoms with Crippen molar-refractivity contribution in [1.29, 1.82) is 0 Å². The minimum absolute atomic E-state index is 0.837. The second-order valence-corrected chi connectivity index (χ2v) is 8.30. The molecular weight excluding hydrogens is 370 g/mol. The molecule has 0 radical (unpaired) electrons. The average molecular weight is 400 g/mol. The summed E-state index contributed by atoms with van der Waals surface area (Å²) in [5, 5.41) is 0. The molecule has 154 valence electrons. The number of hydrogen-bond donors (Lipinski definition) is 0. The highest BCUT2D eigenvalue weighted by Crippen LogP contribution is 2.32. The van der Waals surface area contributed by atoms with Crippen LogP contribution in [-0.4, -0.2) is 47.6 Å². The van der Waals surface area contributed by atoms with Crippen molar-refractivity contribution < 1.29 is 0 Å². The second-order valence-electron chi connectivity index (χ2n) is 8.30. The molecule has 0 N–H and O–H groups in total. The Morgan fingerprint density at radius 2 is 1.60 bits per heavy atom. The minimum Gasteiger partial charge on any atom is -0.354 e. The van der Waals surface area contributed by atoms with Crippen LogP contribution in [0.4, 0.5) is 17.5 Å². The summed E-state index contributed by atoms with van der Waals surface area (Å²) in [5.74, 6) is 1.89. The SMILES string of the molecule is Cc1cc(N2CCN(Cc3ccccc3)CC2)nc(N2CCCc3ccccc32)n1. The molecule has 0 atom stereocenters. The topological polar surface area (TPSA) is 35.5 Å². The molecule has 5 heteroatoms. The maximum Gasteiger partial charge on any atom is 0.232 e. The summed E-state index contributed by atoms with van der Waals surface area (Å²) in [6.45, 7) is 8.19. The molecule has 5 nitrogen and oxygen atoms in total. The van der Waals surface area contributed by atoms with Gasteiger partial charge in [0.05, 0.1) is 0 Å². The summed E-state index contributed by atoms with van der Waals surface area (Å²) in [4.78, 5) is 17.0. The van der Waals surface area contributed by atoms with Gasteiger partial charge in [0.1, 0.15) is 5.82 Å². The van der Waals surface area contributed by atoms with Crippen molar-refractivity contribution in [3.05, 3.63) is 77.5 Å². The van der Waals surface area contributed by atoms with Crippen LogP contribution < -0.4 is 9.80 Å². The Labute approximate surface area is 179 Å². The molecule has 1 fully saturated rings. The van der Waals surface area contributed by atoms with Crippen LogP contribution in [0.3, 0.4) is 0 Å². The predicted octanol–water partition coefficient (Wildman–Crippen LogP) is 4.19. The lowest BCUT2D eigenvalue weighted by Crippen LogP contribution is -2.46. The van der Waals surface area contributed by atoms with E-state index in [1.54, 1.807) is 0 Å². The molecule has 0 amide bonds. The summed E-state index contributed by atoms with van der Waals surface area (Å²) in [6.07, 6.45) is 2.27. The van der Waals surface area contributed by atoms with Gasteiger partial charge in [-0.3, -0.25) is 4.90 Å². The quantitative estimate of drug-likeness (QED) is 0.657. The molecular formula is C25H29N5. The van der Waals surface area contributed by atoms with Gasteiger partial charge in [-0.25, -0.2) is 4.98 Å². The first-order valence-corrected chi connectivity index (χ1v) is 11.0. The number of aromatic nitrogens is 2. The van der Waals surface area contributed by atoms with Crippen LogP contribution in [0.5, 0.6) is 0 Å². The van der Waals surface area contributed by atoms with Crippen LogP contribution in [0, 0.1) is 6.92 Å². The van der Waals surface area contributed by atoms with Gasteiger partial charge in [-0.1, -0.05) is 48.5 Å². The van der Waals surface area contributed by atoms with E-state index in [9.17, 15) is 0 Å². The number of para-hydroxylation sites is 1. The maximum absolute atomic E-state index is 5.01. The molecule has 5 rings (SSSR count). The van der Waals surface area contributed by atoms with E-state index in [1.807, 2.05) is 0 Å². The van der Waals surface area contributed by atoms with Crippen molar-refractivity contribution in [2.24, 2.45) is 0 Å². The Balaban J connectivity index is 1.32. The average Bonchev–Trinajstić information content (AvgIpc) is 2.79. The molecule has 2 aliphatic rings. The van der Waals surface area contributed by atoms with Crippen molar-refractivity contribution in [1.82, 2.24) is 14.9 Å². The second kappa shape index (κ2) is 8.44. The molecule has 3 heterocycles. The smallest absolute Gasteiger partial charge is 0.232 e. The largest absolute Gasteiger partial charge is 0.354 e. The summed E-state index contributed by atoms with van der Waals surface area (Å²) in [5.41, 5.74) is 5.07. The van der Waals surface area contributed by atoms with E-state index in [0.29, 0.717) is 0 Å². The fraction of sp³-hybridized carbons (Fsp3) is 0.360. The third-order valence-electron chi connectivity index (χ3n) is 6.13. The lowest BCUT2D eigenvalue weighted by molar-refractivity contribution is 0.249. The van der Waals surface area contributed by atoms with Gasteiger partial charge >= 0.3 is 0 Å². The number of aryl methyl sites for hydroxylation is 2. The number of nitrogens with zero attached hydrogens (tertiary/aromatic N) is 5. The van der Waals surface area contributed by atoms with Crippen molar-refractivity contribution in [2.75, 3.05) is 42.5 Å². The zero-order valence-corrected chi connectivity index (χ0v) is 17.7. The van der Waals surface area contributed by atoms with E-state index in [-0.39, 0.29) is 0 Å². The highest BCUT2D eigenvalue weighted by molar-refractivity contribution is 5.64. The van der Waals surface area contributed by atoms with E-state index in [0.717, 1.165) is 69.6 Å². The van der Waals surface area contributed by atoms with E-state index in [4.69, 9.17) is 9.97 Å². The summed E-state index contributed by atoms with van der Waals surface area (Å²) in [6, 6.07) is 21.5. The first-order valence-electron chi connectivity index (χ1n) is 11.0. The molecule has 0 bridgehead atoms. The zero-order chi connectivity index (χ0) is 20.3. The minimum atomic E-state index is 0.837. The van der Waals surface area contributed by atoms with Gasteiger partial charge in [-0.2, -0.15) is 4.98 Å². The number of anilines is 3. The zero-order valence-electron chi connectivity index (χ0n) is 17.7. The predicted molar refractivity (Wildman–Crippen MR) is 122 cm³/mol. The number of hydrogen-bond acceptors (Lipinski definition) is 5. The number of fused-ring (bicyclic) bond motifs is 1. The van der Waals surface area contributed by atoms with Crippen LogP contribution >= 0.6 is 0 Å². The van der Waals surface area contributed by atoms with Crippen LogP contribution in [0.25, 0.3) is 0 Å². The highest BCUT2D eigenvalue weighted by atomic mass is 15.3. The Morgan fingerprint density at radius 1 is 0.833 bits per heavy atom. The van der Waals surface area contributed by atoms with E-state index >= 15 is 0 Å². The molecule has 30 heavy (non-hydrogen) atoms. The number of rotatable bonds is 4. The third-order valence-corrected chi connectivity index (χ3v) is 6.13. The van der Waals surface area contributed by atoms with Gasteiger partial charge < -0.3 is 9.80 Å². The van der Waals surface area contributed by atoms with E-state index in [1.165, 1.54) is 16.8 Å². The monoisotopic (exact) mass is 399 g/mol. The van der Waals surface area contributed by atoms with Crippen molar-refractivity contribution >= 4 is 17.5 Å². The van der Waals surface area contributed by atoms with E-state index < -0.39 is 0 Å². The molecule has 1 aromatic heterocycles. The summed E-state index contributed by atoms with van der Waals surface area (Å²) >= 11 is 0. The number of piperazine rings is 1. The lowest BCUT2D eigenvalue weighted by Gasteiger charge is -2.36. The fourth-order valence-electron chi connectivity index (χ4n) is 4.54. The summed E-state index contributed by atoms with van der Waals surface area (Å²) in [7, 11) is 0. The lowest BCUT2D eigenvalue weighted by atomic mass is 10.0. The van der Waals surface area contributed by atoms with Crippen LogP contribution in [-0.2, 0) is 13.0 Å². The Bertz CT molecular complexity index is 995. The van der Waals surface area contributed by atoms with Gasteiger partial charge in [0.2, 0.25) is 5.95 Å². The van der Waals surface area contributed by atoms with Crippen molar-refractivity contribution in [2.45, 2.75) is 26.3 Å². The van der Waals surface area contributed by atoms with Crippen molar-refractivity contribution in [3.63, 3.8) is 0 Å². The molecule has 0 spiro atoms. The Hall–Kier alpha value is -2.92. The molecule has 0 aliphatic carbocycles. The first-order chi connectivity index (χ1) is 14.8. The highest BCUT2D eigenvalue weighted by Gasteiger charge is 2.23. The maximum atomic E-state index is 5.01. The molecule has 3 aromatic rings. The van der Waals surface area contributed by atoms with Crippen LogP contribution in [0.15, 0.2) is 60.7 Å². The third kappa shape index (κ3) is 4.03. The Kier molecular flexibility index (Phi) is 5.37. The number of benzene rings is 2. The molecule has 0 unspecified atom stereocenters. The van der Waals surface area contributed by atoms with Gasteiger partial charge in [0, 0.05) is 56.7 Å².